The monoisotopic (exact) mass is 900 g/mol. The molecule has 348 valence electrons. The molecule has 24 heteroatoms. The third-order valence-electron chi connectivity index (χ3n) is 10.6. The second-order valence-corrected chi connectivity index (χ2v) is 15.6. The quantitative estimate of drug-likeness (QED) is 0.0691. The lowest BCUT2D eigenvalue weighted by Gasteiger charge is -2.45. The van der Waals surface area contributed by atoms with Gasteiger partial charge in [-0.25, -0.2) is 0 Å². The molecule has 3 fully saturated rings. The van der Waals surface area contributed by atoms with E-state index in [-0.39, 0.29) is 22.6 Å². The van der Waals surface area contributed by atoms with Crippen LogP contribution in [-0.4, -0.2) is 189 Å². The van der Waals surface area contributed by atoms with Crippen LogP contribution in [0.2, 0.25) is 0 Å². The Balaban J connectivity index is 1.39. The predicted molar refractivity (Wildman–Crippen MR) is 203 cm³/mol. The zero-order valence-electron chi connectivity index (χ0n) is 33.3. The number of hydrogen-bond acceptors (Lipinski definition) is 23. The van der Waals surface area contributed by atoms with Crippen molar-refractivity contribution in [3.8, 4) is 34.3 Å². The molecule has 24 nitrogen and oxygen atoms in total. The molecule has 3 aromatic rings. The number of aromatic hydroxyl groups is 2. The molecule has 6 rings (SSSR count). The fourth-order valence-electron chi connectivity index (χ4n) is 7.14. The third kappa shape index (κ3) is 10.3. The van der Waals surface area contributed by atoms with Crippen molar-refractivity contribution in [3.05, 3.63) is 46.6 Å². The van der Waals surface area contributed by atoms with E-state index in [1.165, 1.54) is 31.2 Å². The summed E-state index contributed by atoms with van der Waals surface area (Å²) >= 11 is 0. The van der Waals surface area contributed by atoms with Gasteiger partial charge in [-0.3, -0.25) is 14.4 Å². The molecule has 0 amide bonds. The first-order valence-corrected chi connectivity index (χ1v) is 19.3. The number of aliphatic carboxylic acids is 1. The minimum Gasteiger partial charge on any atom is -0.508 e. The van der Waals surface area contributed by atoms with Gasteiger partial charge < -0.3 is 104 Å². The van der Waals surface area contributed by atoms with Gasteiger partial charge in [0.2, 0.25) is 23.8 Å². The van der Waals surface area contributed by atoms with Crippen LogP contribution in [0.15, 0.2) is 45.6 Å². The first-order valence-electron chi connectivity index (χ1n) is 19.3. The summed E-state index contributed by atoms with van der Waals surface area (Å²) in [5.74, 6) is -5.15. The van der Waals surface area contributed by atoms with Crippen molar-refractivity contribution >= 4 is 22.9 Å². The third-order valence-corrected chi connectivity index (χ3v) is 10.6. The molecule has 1 unspecified atom stereocenters. The van der Waals surface area contributed by atoms with Crippen LogP contribution < -0.4 is 14.9 Å². The van der Waals surface area contributed by atoms with Crippen molar-refractivity contribution in [1.82, 2.24) is 0 Å². The van der Waals surface area contributed by atoms with Gasteiger partial charge in [-0.2, -0.15) is 0 Å². The molecule has 4 heterocycles. The number of phenols is 2. The molecule has 0 aliphatic carbocycles. The number of ether oxygens (including phenoxy) is 7. The van der Waals surface area contributed by atoms with E-state index in [9.17, 15) is 75.7 Å². The molecule has 0 saturated carbocycles. The number of aliphatic hydroxyl groups excluding tert-OH is 9. The van der Waals surface area contributed by atoms with E-state index < -0.39 is 164 Å². The summed E-state index contributed by atoms with van der Waals surface area (Å²) in [7, 11) is 0. The number of aliphatic hydroxyl groups is 10. The molecule has 63 heavy (non-hydrogen) atoms. The van der Waals surface area contributed by atoms with E-state index in [4.69, 9.17) is 42.7 Å². The van der Waals surface area contributed by atoms with Gasteiger partial charge in [0.15, 0.2) is 18.2 Å². The Labute approximate surface area is 354 Å². The molecule has 3 aliphatic rings. The number of fused-ring (bicyclic) bond motifs is 1. The normalized spacial score (nSPS) is 34.5. The Bertz CT molecular complexity index is 2140. The SMILES string of the molecule is C[C@@H]1O[C@@H](Oc2cc(O)c3c(=O)c(O[C@@H]4O[C@H](COC(=O)CC(C)(O)CC(=O)O)[C@H](O)[C@H](O)[C@H]4O[C@@H]4O[C@H](CO)[C@@H](O)[C@H](O)[C@H]4O)c(-c4ccc(O)cc4)oc3c2)[C@H](O)[C@H](O)[C@H]1O. The van der Waals surface area contributed by atoms with Crippen LogP contribution in [0.3, 0.4) is 0 Å². The number of rotatable bonds is 14. The number of carbonyl (C=O) groups is 2. The highest BCUT2D eigenvalue weighted by atomic mass is 16.8. The molecule has 13 N–H and O–H groups in total. The highest BCUT2D eigenvalue weighted by molar-refractivity contribution is 5.88. The minimum atomic E-state index is -2.17. The largest absolute Gasteiger partial charge is 0.508 e. The number of esters is 1. The van der Waals surface area contributed by atoms with E-state index in [0.717, 1.165) is 19.1 Å². The molecular formula is C39H48O24. The van der Waals surface area contributed by atoms with Crippen LogP contribution in [0, 0.1) is 0 Å². The first-order chi connectivity index (χ1) is 29.6. The van der Waals surface area contributed by atoms with Crippen molar-refractivity contribution in [3.63, 3.8) is 0 Å². The molecular weight excluding hydrogens is 852 g/mol. The van der Waals surface area contributed by atoms with Crippen molar-refractivity contribution in [2.45, 2.75) is 124 Å². The lowest BCUT2D eigenvalue weighted by Crippen LogP contribution is -2.65. The minimum absolute atomic E-state index is 0.0197. The summed E-state index contributed by atoms with van der Waals surface area (Å²) in [6.45, 7) is 0.663. The second kappa shape index (κ2) is 19.1. The average Bonchev–Trinajstić information content (AvgIpc) is 3.21. The zero-order valence-corrected chi connectivity index (χ0v) is 33.3. The topological polar surface area (TPSA) is 392 Å². The Morgan fingerprint density at radius 1 is 0.746 bits per heavy atom. The lowest BCUT2D eigenvalue weighted by atomic mass is 9.97. The Hall–Kier alpha value is -4.77. The Morgan fingerprint density at radius 2 is 1.37 bits per heavy atom. The van der Waals surface area contributed by atoms with Gasteiger partial charge in [-0.05, 0) is 38.1 Å². The summed E-state index contributed by atoms with van der Waals surface area (Å²) < 4.78 is 45.5. The number of carbonyl (C=O) groups excluding carboxylic acids is 1. The molecule has 2 aromatic carbocycles. The fraction of sp³-hybridized carbons (Fsp3) is 0.564. The average molecular weight is 901 g/mol. The number of carboxylic acid groups (broad SMARTS) is 1. The van der Waals surface area contributed by atoms with Gasteiger partial charge in [-0.15, -0.1) is 0 Å². The molecule has 0 radical (unpaired) electrons. The van der Waals surface area contributed by atoms with Crippen LogP contribution >= 0.6 is 0 Å². The van der Waals surface area contributed by atoms with Gasteiger partial charge in [0.05, 0.1) is 31.2 Å². The summed E-state index contributed by atoms with van der Waals surface area (Å²) in [5.41, 5.74) is -3.58. The number of phenolic OH excluding ortho intramolecular Hbond substituents is 2. The van der Waals surface area contributed by atoms with Gasteiger partial charge in [0, 0.05) is 17.7 Å². The van der Waals surface area contributed by atoms with Crippen molar-refractivity contribution in [2.24, 2.45) is 0 Å². The number of carboxylic acids is 1. The van der Waals surface area contributed by atoms with Gasteiger partial charge in [0.25, 0.3) is 0 Å². The zero-order chi connectivity index (χ0) is 46.2. The first kappa shape index (κ1) is 47.7. The van der Waals surface area contributed by atoms with Crippen LogP contribution in [0.5, 0.6) is 23.0 Å². The van der Waals surface area contributed by atoms with Crippen molar-refractivity contribution in [1.29, 1.82) is 0 Å². The maximum Gasteiger partial charge on any atom is 0.308 e. The van der Waals surface area contributed by atoms with Crippen molar-refractivity contribution in [2.75, 3.05) is 13.2 Å². The molecule has 1 aromatic heterocycles. The predicted octanol–water partition coefficient (Wildman–Crippen LogP) is -3.75. The van der Waals surface area contributed by atoms with E-state index in [2.05, 4.69) is 0 Å². The Morgan fingerprint density at radius 3 is 2.02 bits per heavy atom. The molecule has 0 bridgehead atoms. The van der Waals surface area contributed by atoms with E-state index in [1.807, 2.05) is 0 Å². The smallest absolute Gasteiger partial charge is 0.308 e. The highest BCUT2D eigenvalue weighted by Crippen LogP contribution is 2.39. The van der Waals surface area contributed by atoms with Gasteiger partial charge in [0.1, 0.15) is 95.9 Å². The number of hydrogen-bond donors (Lipinski definition) is 13. The standard InChI is InChI=1S/C39H48O24/c1-13-24(46)28(50)31(53)36(57-13)58-16-7-17(42)23-18(8-16)59-33(14-3-5-15(41)6-4-14)34(27(23)49)62-38-35(63-37-32(54)29(51)25(47)19(11-40)60-37)30(52)26(48)20(61-38)12-56-22(45)10-39(2,55)9-21(43)44/h3-8,13,19-20,24-26,28-32,35-38,40-42,46-48,50-55H,9-12H2,1-2H3,(H,43,44)/t13-,19+,20+,24-,25+,26-,28+,29-,30-,31+,32+,35+,36-,37-,38-,39?/m0/s1. The van der Waals surface area contributed by atoms with Gasteiger partial charge in [-0.1, -0.05) is 0 Å². The van der Waals surface area contributed by atoms with Crippen LogP contribution in [0.25, 0.3) is 22.3 Å². The van der Waals surface area contributed by atoms with E-state index in [0.29, 0.717) is 0 Å². The molecule has 3 aliphatic heterocycles. The van der Waals surface area contributed by atoms with Gasteiger partial charge >= 0.3 is 11.9 Å². The summed E-state index contributed by atoms with van der Waals surface area (Å²) in [6, 6.07) is 6.96. The molecule has 16 atom stereocenters. The maximum atomic E-state index is 14.5. The summed E-state index contributed by atoms with van der Waals surface area (Å²) in [4.78, 5) is 38.3. The van der Waals surface area contributed by atoms with Crippen LogP contribution in [0.1, 0.15) is 26.7 Å². The highest BCUT2D eigenvalue weighted by Gasteiger charge is 2.52. The van der Waals surface area contributed by atoms with Crippen molar-refractivity contribution < 1.29 is 114 Å². The maximum absolute atomic E-state index is 14.5. The second-order valence-electron chi connectivity index (χ2n) is 15.6. The van der Waals surface area contributed by atoms with Crippen LogP contribution in [0.4, 0.5) is 0 Å². The fourth-order valence-corrected chi connectivity index (χ4v) is 7.14. The lowest BCUT2D eigenvalue weighted by molar-refractivity contribution is -0.358. The summed E-state index contributed by atoms with van der Waals surface area (Å²) in [5, 5.41) is 135. The Kier molecular flexibility index (Phi) is 14.5. The molecule has 0 spiro atoms. The van der Waals surface area contributed by atoms with E-state index >= 15 is 0 Å². The summed E-state index contributed by atoms with van der Waals surface area (Å²) in [6.07, 6.45) is -28.8. The van der Waals surface area contributed by atoms with E-state index in [1.54, 1.807) is 0 Å². The molecule has 3 saturated heterocycles. The van der Waals surface area contributed by atoms with Crippen LogP contribution in [-0.2, 0) is 33.3 Å². The number of benzene rings is 2.